The van der Waals surface area contributed by atoms with Gasteiger partial charge in [-0.1, -0.05) is 0 Å². The molecule has 0 radical (unpaired) electrons. The number of rotatable bonds is 3. The average Bonchev–Trinajstić information content (AvgIpc) is 3.27. The molecule has 1 aliphatic rings. The number of aliphatic hydroxyl groups is 1. The summed E-state index contributed by atoms with van der Waals surface area (Å²) in [5, 5.41) is 9.49. The Bertz CT molecular complexity index is 800. The van der Waals surface area contributed by atoms with E-state index in [0.29, 0.717) is 28.9 Å². The second kappa shape index (κ2) is 5.19. The fourth-order valence-electron chi connectivity index (χ4n) is 2.89. The number of hydrogen-bond donors (Lipinski definition) is 1. The molecule has 1 fully saturated rings. The van der Waals surface area contributed by atoms with Gasteiger partial charge in [-0.05, 0) is 25.0 Å². The lowest BCUT2D eigenvalue weighted by Crippen LogP contribution is -2.14. The Balaban J connectivity index is 1.84. The Morgan fingerprint density at radius 1 is 1.36 bits per heavy atom. The molecule has 0 aliphatic carbocycles. The van der Waals surface area contributed by atoms with E-state index in [2.05, 4.69) is 9.97 Å². The van der Waals surface area contributed by atoms with Crippen LogP contribution in [0.3, 0.4) is 0 Å². The van der Waals surface area contributed by atoms with Crippen LogP contribution in [0.2, 0.25) is 0 Å². The SMILES string of the molecule is OCC1CCC(n2cc(F)c3c(-c4ccco4)ncnc32)O1. The van der Waals surface area contributed by atoms with E-state index in [0.717, 1.165) is 6.42 Å². The van der Waals surface area contributed by atoms with Crippen molar-refractivity contribution in [3.8, 4) is 11.5 Å². The van der Waals surface area contributed by atoms with Gasteiger partial charge in [0.2, 0.25) is 0 Å². The topological polar surface area (TPSA) is 73.3 Å². The maximum absolute atomic E-state index is 14.4. The summed E-state index contributed by atoms with van der Waals surface area (Å²) in [4.78, 5) is 8.34. The summed E-state index contributed by atoms with van der Waals surface area (Å²) < 4.78 is 27.1. The van der Waals surface area contributed by atoms with Crippen molar-refractivity contribution in [2.45, 2.75) is 25.2 Å². The first-order valence-corrected chi connectivity index (χ1v) is 7.09. The maximum Gasteiger partial charge on any atom is 0.153 e. The number of aromatic nitrogens is 3. The van der Waals surface area contributed by atoms with Crippen molar-refractivity contribution < 1.29 is 18.7 Å². The Kier molecular flexibility index (Phi) is 3.16. The molecule has 22 heavy (non-hydrogen) atoms. The molecule has 3 aromatic heterocycles. The molecule has 1 aliphatic heterocycles. The number of ether oxygens (including phenoxy) is 1. The molecule has 0 amide bonds. The highest BCUT2D eigenvalue weighted by molar-refractivity contribution is 5.90. The first-order valence-electron chi connectivity index (χ1n) is 7.09. The molecule has 1 saturated heterocycles. The molecule has 0 spiro atoms. The summed E-state index contributed by atoms with van der Waals surface area (Å²) in [6.45, 7) is -0.0369. The summed E-state index contributed by atoms with van der Waals surface area (Å²) in [6, 6.07) is 3.45. The third-order valence-corrected chi connectivity index (χ3v) is 3.92. The van der Waals surface area contributed by atoms with Crippen LogP contribution in [0.15, 0.2) is 35.3 Å². The zero-order chi connectivity index (χ0) is 15.1. The molecule has 6 nitrogen and oxygen atoms in total. The second-order valence-electron chi connectivity index (χ2n) is 5.26. The number of nitrogens with zero attached hydrogens (tertiary/aromatic N) is 3. The molecule has 1 N–H and O–H groups in total. The average molecular weight is 303 g/mol. The summed E-state index contributed by atoms with van der Waals surface area (Å²) in [6.07, 6.45) is 5.17. The quantitative estimate of drug-likeness (QED) is 0.804. The van der Waals surface area contributed by atoms with Gasteiger partial charge < -0.3 is 18.8 Å². The third-order valence-electron chi connectivity index (χ3n) is 3.92. The number of fused-ring (bicyclic) bond motifs is 1. The van der Waals surface area contributed by atoms with Gasteiger partial charge in [0.15, 0.2) is 11.6 Å². The van der Waals surface area contributed by atoms with Crippen LogP contribution in [-0.4, -0.2) is 32.4 Å². The summed E-state index contributed by atoms with van der Waals surface area (Å²) in [5.74, 6) is 0.0719. The summed E-state index contributed by atoms with van der Waals surface area (Å²) >= 11 is 0. The maximum atomic E-state index is 14.4. The Morgan fingerprint density at radius 2 is 2.27 bits per heavy atom. The number of furan rings is 1. The molecule has 4 heterocycles. The van der Waals surface area contributed by atoms with E-state index in [4.69, 9.17) is 9.15 Å². The molecule has 2 unspecified atom stereocenters. The van der Waals surface area contributed by atoms with Crippen LogP contribution < -0.4 is 0 Å². The highest BCUT2D eigenvalue weighted by Gasteiger charge is 2.29. The number of halogens is 1. The summed E-state index contributed by atoms with van der Waals surface area (Å²) in [5.41, 5.74) is 0.880. The lowest BCUT2D eigenvalue weighted by molar-refractivity contribution is -0.0206. The van der Waals surface area contributed by atoms with Crippen LogP contribution in [0.4, 0.5) is 4.39 Å². The van der Waals surface area contributed by atoms with Gasteiger partial charge in [0, 0.05) is 6.20 Å². The van der Waals surface area contributed by atoms with Gasteiger partial charge in [0.1, 0.15) is 23.9 Å². The van der Waals surface area contributed by atoms with Gasteiger partial charge in [-0.15, -0.1) is 0 Å². The van der Waals surface area contributed by atoms with Crippen LogP contribution in [-0.2, 0) is 4.74 Å². The Labute approximate surface area is 125 Å². The predicted octanol–water partition coefficient (Wildman–Crippen LogP) is 2.50. The van der Waals surface area contributed by atoms with E-state index < -0.39 is 5.82 Å². The first kappa shape index (κ1) is 13.4. The van der Waals surface area contributed by atoms with Crippen molar-refractivity contribution in [3.63, 3.8) is 0 Å². The van der Waals surface area contributed by atoms with Gasteiger partial charge in [-0.2, -0.15) is 0 Å². The van der Waals surface area contributed by atoms with Gasteiger partial charge in [0.05, 0.1) is 24.4 Å². The highest BCUT2D eigenvalue weighted by Crippen LogP contribution is 2.35. The number of aliphatic hydroxyl groups excluding tert-OH is 1. The standard InChI is InChI=1S/C15H14FN3O3/c16-10-6-19(12-4-3-9(7-20)22-12)15-13(10)14(17-8-18-15)11-2-1-5-21-11/h1-2,5-6,8-9,12,20H,3-4,7H2. The normalized spacial score (nSPS) is 21.7. The Hall–Kier alpha value is -2.25. The minimum Gasteiger partial charge on any atom is -0.463 e. The molecule has 0 aromatic carbocycles. The molecule has 3 aromatic rings. The molecule has 0 saturated carbocycles. The zero-order valence-corrected chi connectivity index (χ0v) is 11.6. The third kappa shape index (κ3) is 2.01. The van der Waals surface area contributed by atoms with E-state index >= 15 is 0 Å². The molecule has 0 bridgehead atoms. The van der Waals surface area contributed by atoms with E-state index in [1.165, 1.54) is 18.8 Å². The van der Waals surface area contributed by atoms with Crippen LogP contribution >= 0.6 is 0 Å². The van der Waals surface area contributed by atoms with E-state index in [9.17, 15) is 9.50 Å². The van der Waals surface area contributed by atoms with Crippen LogP contribution in [0.25, 0.3) is 22.5 Å². The van der Waals surface area contributed by atoms with Gasteiger partial charge in [-0.25, -0.2) is 14.4 Å². The smallest absolute Gasteiger partial charge is 0.153 e. The first-order chi connectivity index (χ1) is 10.8. The predicted molar refractivity (Wildman–Crippen MR) is 75.4 cm³/mol. The van der Waals surface area contributed by atoms with Crippen LogP contribution in [0, 0.1) is 5.82 Å². The van der Waals surface area contributed by atoms with Crippen molar-refractivity contribution in [3.05, 3.63) is 36.7 Å². The lowest BCUT2D eigenvalue weighted by atomic mass is 10.2. The van der Waals surface area contributed by atoms with Crippen molar-refractivity contribution >= 4 is 11.0 Å². The monoisotopic (exact) mass is 303 g/mol. The van der Waals surface area contributed by atoms with Gasteiger partial charge in [0.25, 0.3) is 0 Å². The van der Waals surface area contributed by atoms with Crippen LogP contribution in [0.1, 0.15) is 19.1 Å². The fraction of sp³-hybridized carbons (Fsp3) is 0.333. The molecular formula is C15H14FN3O3. The second-order valence-corrected chi connectivity index (χ2v) is 5.26. The molecule has 2 atom stereocenters. The van der Waals surface area contributed by atoms with Gasteiger partial charge in [-0.3, -0.25) is 0 Å². The summed E-state index contributed by atoms with van der Waals surface area (Å²) in [7, 11) is 0. The molecule has 7 heteroatoms. The Morgan fingerprint density at radius 3 is 3.00 bits per heavy atom. The largest absolute Gasteiger partial charge is 0.463 e. The minimum absolute atomic E-state index is 0.0369. The van der Waals surface area contributed by atoms with Crippen molar-refractivity contribution in [2.75, 3.05) is 6.61 Å². The van der Waals surface area contributed by atoms with Gasteiger partial charge >= 0.3 is 0 Å². The van der Waals surface area contributed by atoms with E-state index in [1.807, 2.05) is 0 Å². The van der Waals surface area contributed by atoms with Crippen molar-refractivity contribution in [1.82, 2.24) is 14.5 Å². The zero-order valence-electron chi connectivity index (χ0n) is 11.6. The number of hydrogen-bond acceptors (Lipinski definition) is 5. The minimum atomic E-state index is -0.418. The molecule has 114 valence electrons. The van der Waals surface area contributed by atoms with E-state index in [-0.39, 0.29) is 18.9 Å². The lowest BCUT2D eigenvalue weighted by Gasteiger charge is -2.14. The van der Waals surface area contributed by atoms with Crippen molar-refractivity contribution in [2.24, 2.45) is 0 Å². The van der Waals surface area contributed by atoms with Crippen molar-refractivity contribution in [1.29, 1.82) is 0 Å². The molecule has 4 rings (SSSR count). The molecular weight excluding hydrogens is 289 g/mol. The highest BCUT2D eigenvalue weighted by atomic mass is 19.1. The van der Waals surface area contributed by atoms with E-state index in [1.54, 1.807) is 16.7 Å². The fourth-order valence-corrected chi connectivity index (χ4v) is 2.89. The van der Waals surface area contributed by atoms with Crippen LogP contribution in [0.5, 0.6) is 0 Å².